The minimum Gasteiger partial charge on any atom is -0.509 e. The lowest BCUT2D eigenvalue weighted by molar-refractivity contribution is -0.138. The fourth-order valence-electron chi connectivity index (χ4n) is 1.20. The highest BCUT2D eigenvalue weighted by atomic mass is 16.5. The van der Waals surface area contributed by atoms with Gasteiger partial charge in [-0.05, 0) is 6.92 Å². The van der Waals surface area contributed by atoms with E-state index in [9.17, 15) is 14.7 Å². The molecule has 1 rings (SSSR count). The van der Waals surface area contributed by atoms with Crippen LogP contribution in [-0.2, 0) is 14.3 Å². The number of hydrogen-bond acceptors (Lipinski definition) is 4. The van der Waals surface area contributed by atoms with Crippen LogP contribution >= 0.6 is 0 Å². The number of aliphatic hydroxyl groups excluding tert-OH is 1. The van der Waals surface area contributed by atoms with Crippen molar-refractivity contribution in [2.75, 3.05) is 6.61 Å². The number of carboxylic acids is 1. The first-order valence-electron chi connectivity index (χ1n) is 4.31. The molecule has 1 atom stereocenters. The molecular weight excluding hydrogens is 188 g/mol. The van der Waals surface area contributed by atoms with Gasteiger partial charge in [0.15, 0.2) is 5.78 Å². The molecule has 1 aliphatic heterocycles. The summed E-state index contributed by atoms with van der Waals surface area (Å²) >= 11 is 0. The van der Waals surface area contributed by atoms with Crippen molar-refractivity contribution in [3.8, 4) is 0 Å². The van der Waals surface area contributed by atoms with Gasteiger partial charge in [0.05, 0.1) is 18.6 Å². The van der Waals surface area contributed by atoms with E-state index in [4.69, 9.17) is 9.84 Å². The molecule has 5 nitrogen and oxygen atoms in total. The van der Waals surface area contributed by atoms with Crippen LogP contribution in [0.2, 0.25) is 0 Å². The largest absolute Gasteiger partial charge is 0.509 e. The molecule has 0 spiro atoms. The van der Waals surface area contributed by atoms with Crippen molar-refractivity contribution in [2.45, 2.75) is 25.9 Å². The normalized spacial score (nSPS) is 21.4. The van der Waals surface area contributed by atoms with E-state index in [-0.39, 0.29) is 36.6 Å². The Morgan fingerprint density at radius 1 is 1.50 bits per heavy atom. The third-order valence-corrected chi connectivity index (χ3v) is 2.07. The monoisotopic (exact) mass is 200 g/mol. The van der Waals surface area contributed by atoms with Crippen LogP contribution < -0.4 is 0 Å². The molecule has 0 radical (unpaired) electrons. The van der Waals surface area contributed by atoms with Crippen LogP contribution in [0.15, 0.2) is 11.3 Å². The molecule has 1 heterocycles. The van der Waals surface area contributed by atoms with Crippen molar-refractivity contribution in [3.63, 3.8) is 0 Å². The summed E-state index contributed by atoms with van der Waals surface area (Å²) in [5.41, 5.74) is 0.207. The Labute approximate surface area is 81.0 Å². The lowest BCUT2D eigenvalue weighted by Crippen LogP contribution is -2.08. The molecule has 0 unspecified atom stereocenters. The molecule has 78 valence electrons. The van der Waals surface area contributed by atoms with E-state index in [0.29, 0.717) is 0 Å². The minimum atomic E-state index is -1.02. The van der Waals surface area contributed by atoms with Gasteiger partial charge in [-0.15, -0.1) is 0 Å². The van der Waals surface area contributed by atoms with Crippen LogP contribution in [0.5, 0.6) is 0 Å². The number of rotatable bonds is 4. The average Bonchev–Trinajstić information content (AvgIpc) is 2.44. The third kappa shape index (κ3) is 2.32. The Bertz CT molecular complexity index is 292. The molecule has 0 amide bonds. The van der Waals surface area contributed by atoms with Crippen LogP contribution in [-0.4, -0.2) is 34.7 Å². The maximum Gasteiger partial charge on any atom is 0.303 e. The molecule has 0 aromatic carbocycles. The van der Waals surface area contributed by atoms with Crippen molar-refractivity contribution in [1.82, 2.24) is 0 Å². The number of hydrogen-bond donors (Lipinski definition) is 2. The molecule has 5 heteroatoms. The first-order chi connectivity index (χ1) is 6.52. The Kier molecular flexibility index (Phi) is 3.24. The standard InChI is InChI=1S/C9H12O5/c1-5-9(13)6(4-14-5)7(10)2-3-8(11)12/h5,13H,2-4H2,1H3,(H,11,12)/t5-/m0/s1. The molecule has 14 heavy (non-hydrogen) atoms. The van der Waals surface area contributed by atoms with Crippen LogP contribution in [0.1, 0.15) is 19.8 Å². The minimum absolute atomic E-state index is 0.0691. The highest BCUT2D eigenvalue weighted by Crippen LogP contribution is 2.20. The van der Waals surface area contributed by atoms with Crippen LogP contribution in [0.25, 0.3) is 0 Å². The maximum atomic E-state index is 11.3. The predicted molar refractivity (Wildman–Crippen MR) is 46.9 cm³/mol. The zero-order valence-electron chi connectivity index (χ0n) is 7.82. The van der Waals surface area contributed by atoms with Gasteiger partial charge >= 0.3 is 5.97 Å². The molecule has 0 aromatic rings. The van der Waals surface area contributed by atoms with Crippen molar-refractivity contribution >= 4 is 11.8 Å². The molecule has 0 bridgehead atoms. The van der Waals surface area contributed by atoms with Gasteiger partial charge in [0, 0.05) is 6.42 Å². The van der Waals surface area contributed by atoms with Gasteiger partial charge in [-0.1, -0.05) is 0 Å². The SMILES string of the molecule is C[C@@H]1OCC(C(=O)CCC(=O)O)=C1O. The van der Waals surface area contributed by atoms with E-state index in [1.807, 2.05) is 0 Å². The summed E-state index contributed by atoms with van der Waals surface area (Å²) < 4.78 is 5.01. The molecule has 0 saturated heterocycles. The Hall–Kier alpha value is -1.36. The second-order valence-corrected chi connectivity index (χ2v) is 3.13. The Morgan fingerprint density at radius 2 is 2.14 bits per heavy atom. The number of Topliss-reactive ketones (excluding diaryl/α,β-unsaturated/α-hetero) is 1. The average molecular weight is 200 g/mol. The van der Waals surface area contributed by atoms with Crippen molar-refractivity contribution in [1.29, 1.82) is 0 Å². The second kappa shape index (κ2) is 4.23. The molecule has 2 N–H and O–H groups in total. The topological polar surface area (TPSA) is 83.8 Å². The number of ether oxygens (including phenoxy) is 1. The Morgan fingerprint density at radius 3 is 2.57 bits per heavy atom. The molecule has 0 aliphatic carbocycles. The van der Waals surface area contributed by atoms with E-state index in [2.05, 4.69) is 0 Å². The highest BCUT2D eigenvalue weighted by molar-refractivity contribution is 5.97. The van der Waals surface area contributed by atoms with Crippen LogP contribution in [0, 0.1) is 0 Å². The number of carboxylic acid groups (broad SMARTS) is 1. The van der Waals surface area contributed by atoms with Gasteiger partial charge in [0.2, 0.25) is 0 Å². The van der Waals surface area contributed by atoms with Crippen molar-refractivity contribution < 1.29 is 24.5 Å². The van der Waals surface area contributed by atoms with Gasteiger partial charge in [-0.3, -0.25) is 9.59 Å². The first kappa shape index (κ1) is 10.7. The fraction of sp³-hybridized carbons (Fsp3) is 0.556. The second-order valence-electron chi connectivity index (χ2n) is 3.13. The number of aliphatic hydroxyl groups is 1. The van der Waals surface area contributed by atoms with Gasteiger partial charge in [-0.2, -0.15) is 0 Å². The van der Waals surface area contributed by atoms with E-state index >= 15 is 0 Å². The van der Waals surface area contributed by atoms with Crippen LogP contribution in [0.4, 0.5) is 0 Å². The summed E-state index contributed by atoms with van der Waals surface area (Å²) in [6.07, 6.45) is -0.770. The van der Waals surface area contributed by atoms with Gasteiger partial charge in [0.1, 0.15) is 11.9 Å². The summed E-state index contributed by atoms with van der Waals surface area (Å²) in [5.74, 6) is -1.44. The van der Waals surface area contributed by atoms with Gasteiger partial charge in [-0.25, -0.2) is 0 Å². The molecular formula is C9H12O5. The third-order valence-electron chi connectivity index (χ3n) is 2.07. The van der Waals surface area contributed by atoms with Gasteiger partial charge < -0.3 is 14.9 Å². The molecule has 0 fully saturated rings. The molecule has 1 aliphatic rings. The van der Waals surface area contributed by atoms with E-state index in [0.717, 1.165) is 0 Å². The smallest absolute Gasteiger partial charge is 0.303 e. The van der Waals surface area contributed by atoms with E-state index < -0.39 is 12.1 Å². The van der Waals surface area contributed by atoms with Crippen LogP contribution in [0.3, 0.4) is 0 Å². The lowest BCUT2D eigenvalue weighted by atomic mass is 10.1. The molecule has 0 aromatic heterocycles. The number of carbonyl (C=O) groups is 2. The zero-order chi connectivity index (χ0) is 10.7. The summed E-state index contributed by atoms with van der Waals surface area (Å²) in [4.78, 5) is 21.5. The highest BCUT2D eigenvalue weighted by Gasteiger charge is 2.26. The summed E-state index contributed by atoms with van der Waals surface area (Å²) in [5, 5.41) is 17.7. The fourth-order valence-corrected chi connectivity index (χ4v) is 1.20. The maximum absolute atomic E-state index is 11.3. The summed E-state index contributed by atoms with van der Waals surface area (Å²) in [6, 6.07) is 0. The Balaban J connectivity index is 2.57. The summed E-state index contributed by atoms with van der Waals surface area (Å²) in [7, 11) is 0. The number of carbonyl (C=O) groups excluding carboxylic acids is 1. The molecule has 0 saturated carbocycles. The van der Waals surface area contributed by atoms with Crippen molar-refractivity contribution in [3.05, 3.63) is 11.3 Å². The zero-order valence-corrected chi connectivity index (χ0v) is 7.82. The van der Waals surface area contributed by atoms with E-state index in [1.54, 1.807) is 6.92 Å². The predicted octanol–water partition coefficient (Wildman–Crippen LogP) is 0.651. The number of aliphatic carboxylic acids is 1. The van der Waals surface area contributed by atoms with E-state index in [1.165, 1.54) is 0 Å². The van der Waals surface area contributed by atoms with Gasteiger partial charge in [0.25, 0.3) is 0 Å². The lowest BCUT2D eigenvalue weighted by Gasteiger charge is -2.00. The summed E-state index contributed by atoms with van der Waals surface area (Å²) in [6.45, 7) is 1.71. The number of ketones is 1. The quantitative estimate of drug-likeness (QED) is 0.696. The van der Waals surface area contributed by atoms with Crippen molar-refractivity contribution in [2.24, 2.45) is 0 Å². The first-order valence-corrected chi connectivity index (χ1v) is 4.31.